The molecule has 0 aliphatic heterocycles. The zero-order valence-electron chi connectivity index (χ0n) is 32.8. The van der Waals surface area contributed by atoms with E-state index < -0.39 is 11.9 Å². The Bertz CT molecular complexity index is 1720. The lowest BCUT2D eigenvalue weighted by atomic mass is 10.1. The van der Waals surface area contributed by atoms with Crippen LogP contribution in [-0.2, 0) is 19.1 Å². The molecular weight excluding hydrogens is 714 g/mol. The van der Waals surface area contributed by atoms with Crippen LogP contribution in [0.15, 0.2) is 97.1 Å². The first-order valence-corrected chi connectivity index (χ1v) is 17.6. The molecule has 56 heavy (non-hydrogen) atoms. The summed E-state index contributed by atoms with van der Waals surface area (Å²) in [7, 11) is 1.64. The molecule has 0 atom stereocenters. The number of carbonyl (C=O) groups is 5. The molecule has 13 heteroatoms. The summed E-state index contributed by atoms with van der Waals surface area (Å²) in [4.78, 5) is 55.3. The number of aromatic carboxylic acids is 1. The van der Waals surface area contributed by atoms with Crippen LogP contribution < -0.4 is 32.2 Å². The Hall–Kier alpha value is -6.21. The second kappa shape index (κ2) is 26.5. The van der Waals surface area contributed by atoms with Crippen molar-refractivity contribution >= 4 is 52.3 Å². The van der Waals surface area contributed by atoms with E-state index in [1.165, 1.54) is 17.7 Å². The van der Waals surface area contributed by atoms with Crippen LogP contribution in [0.2, 0.25) is 0 Å². The SMILES string of the molecule is C.CC(C)C(=O)Nc1ccc(C(=O)O)cc1.CC(C)C(=O)Nc1ccc(C(N)=O)cc1.COCCOc1ccccc1N.Cc1ccc(NC(=O)C(C)C)cc1. The predicted octanol–water partition coefficient (Wildman–Crippen LogP) is 7.88. The first-order valence-electron chi connectivity index (χ1n) is 17.6. The van der Waals surface area contributed by atoms with E-state index in [9.17, 15) is 24.0 Å². The summed E-state index contributed by atoms with van der Waals surface area (Å²) in [5.41, 5.74) is 15.4. The summed E-state index contributed by atoms with van der Waals surface area (Å²) >= 11 is 0. The number of hydrogen-bond acceptors (Lipinski definition) is 8. The molecule has 4 aromatic rings. The van der Waals surface area contributed by atoms with E-state index in [2.05, 4.69) is 16.0 Å². The van der Waals surface area contributed by atoms with Gasteiger partial charge in [-0.2, -0.15) is 0 Å². The number of para-hydroxylation sites is 2. The lowest BCUT2D eigenvalue weighted by molar-refractivity contribution is -0.119. The van der Waals surface area contributed by atoms with Gasteiger partial charge in [-0.25, -0.2) is 4.79 Å². The lowest BCUT2D eigenvalue weighted by Gasteiger charge is -2.07. The molecule has 0 radical (unpaired) electrons. The molecule has 0 unspecified atom stereocenters. The Labute approximate surface area is 331 Å². The van der Waals surface area contributed by atoms with Crippen LogP contribution in [0.1, 0.15) is 75.2 Å². The Kier molecular flexibility index (Phi) is 23.6. The average Bonchev–Trinajstić information content (AvgIpc) is 3.14. The van der Waals surface area contributed by atoms with Crippen molar-refractivity contribution in [1.29, 1.82) is 0 Å². The fourth-order valence-electron chi connectivity index (χ4n) is 3.76. The van der Waals surface area contributed by atoms with E-state index in [-0.39, 0.29) is 48.5 Å². The fraction of sp³-hybridized carbons (Fsp3) is 0.326. The number of carboxylic acid groups (broad SMARTS) is 1. The van der Waals surface area contributed by atoms with Crippen molar-refractivity contribution < 1.29 is 38.6 Å². The first kappa shape index (κ1) is 49.8. The second-order valence-corrected chi connectivity index (χ2v) is 13.0. The normalized spacial score (nSPS) is 9.84. The molecule has 0 saturated carbocycles. The number of nitrogens with two attached hydrogens (primary N) is 2. The van der Waals surface area contributed by atoms with Crippen LogP contribution in [0, 0.1) is 24.7 Å². The summed E-state index contributed by atoms with van der Waals surface area (Å²) < 4.78 is 10.2. The third kappa shape index (κ3) is 20.3. The highest BCUT2D eigenvalue weighted by Gasteiger charge is 2.09. The number of anilines is 4. The van der Waals surface area contributed by atoms with Gasteiger partial charge >= 0.3 is 5.97 Å². The number of primary amides is 1. The standard InChI is InChI=1S/C11H14N2O2.C11H13NO3.C11H15NO.C9H13NO2.CH4/c1-7(2)11(15)13-9-5-3-8(4-6-9)10(12)14;1-7(2)10(13)12-9-5-3-8(4-6-9)11(14)15;1-8(2)11(13)12-10-6-4-9(3)5-7-10;1-11-6-7-12-9-5-3-2-4-8(9)10;/h3-7H,1-2H3,(H2,12,14)(H,13,15);3-7H,1-2H3,(H,12,13)(H,14,15);4-8H,1-3H3,(H,12,13);2-5H,6-7,10H2,1H3;1H4. The third-order valence-corrected chi connectivity index (χ3v) is 7.19. The molecule has 0 bridgehead atoms. The molecule has 0 aliphatic carbocycles. The first-order chi connectivity index (χ1) is 25.9. The van der Waals surface area contributed by atoms with Crippen molar-refractivity contribution in [3.63, 3.8) is 0 Å². The molecule has 0 aliphatic rings. The van der Waals surface area contributed by atoms with Crippen molar-refractivity contribution in [2.45, 2.75) is 55.9 Å². The number of methoxy groups -OCH3 is 1. The highest BCUT2D eigenvalue weighted by atomic mass is 16.5. The molecule has 0 spiro atoms. The Morgan fingerprint density at radius 1 is 0.607 bits per heavy atom. The highest BCUT2D eigenvalue weighted by molar-refractivity contribution is 5.95. The maximum atomic E-state index is 11.3. The van der Waals surface area contributed by atoms with Gasteiger partial charge in [0.15, 0.2) is 0 Å². The molecule has 4 amide bonds. The van der Waals surface area contributed by atoms with Gasteiger partial charge in [0.1, 0.15) is 12.4 Å². The van der Waals surface area contributed by atoms with Crippen LogP contribution in [0.25, 0.3) is 0 Å². The number of carbonyl (C=O) groups excluding carboxylic acids is 4. The van der Waals surface area contributed by atoms with Gasteiger partial charge in [-0.05, 0) is 79.7 Å². The number of amides is 4. The number of aryl methyl sites for hydroxylation is 1. The van der Waals surface area contributed by atoms with Crippen molar-refractivity contribution in [2.24, 2.45) is 23.5 Å². The quantitative estimate of drug-likeness (QED) is 0.0610. The maximum Gasteiger partial charge on any atom is 0.335 e. The van der Waals surface area contributed by atoms with E-state index >= 15 is 0 Å². The van der Waals surface area contributed by atoms with Crippen molar-refractivity contribution in [3.8, 4) is 5.75 Å². The number of nitrogens with one attached hydrogen (secondary N) is 3. The summed E-state index contributed by atoms with van der Waals surface area (Å²) in [5.74, 6) is -0.946. The minimum Gasteiger partial charge on any atom is -0.489 e. The summed E-state index contributed by atoms with van der Waals surface area (Å²) in [6.07, 6.45) is 0. The number of benzene rings is 4. The number of ether oxygens (including phenoxy) is 2. The van der Waals surface area contributed by atoms with Crippen LogP contribution >= 0.6 is 0 Å². The molecule has 0 heterocycles. The molecule has 0 fully saturated rings. The van der Waals surface area contributed by atoms with Gasteiger partial charge < -0.3 is 42.0 Å². The predicted molar refractivity (Wildman–Crippen MR) is 225 cm³/mol. The Balaban J connectivity index is 0.000000719. The molecular formula is C43H59N5O8. The molecule has 304 valence electrons. The summed E-state index contributed by atoms with van der Waals surface area (Å²) in [5, 5.41) is 16.9. The minimum absolute atomic E-state index is 0. The van der Waals surface area contributed by atoms with Gasteiger partial charge in [0, 0.05) is 47.5 Å². The Morgan fingerprint density at radius 3 is 1.32 bits per heavy atom. The Morgan fingerprint density at radius 2 is 0.982 bits per heavy atom. The van der Waals surface area contributed by atoms with Crippen molar-refractivity contribution in [3.05, 3.63) is 114 Å². The van der Waals surface area contributed by atoms with Gasteiger partial charge in [0.05, 0.1) is 17.9 Å². The minimum atomic E-state index is -0.975. The molecule has 0 aromatic heterocycles. The molecule has 4 rings (SSSR count). The van der Waals surface area contributed by atoms with Gasteiger partial charge in [0.25, 0.3) is 0 Å². The van der Waals surface area contributed by atoms with Crippen molar-refractivity contribution in [1.82, 2.24) is 0 Å². The molecule has 8 N–H and O–H groups in total. The smallest absolute Gasteiger partial charge is 0.335 e. The lowest BCUT2D eigenvalue weighted by Crippen LogP contribution is -2.18. The number of nitrogen functional groups attached to an aromatic ring is 1. The van der Waals surface area contributed by atoms with Gasteiger partial charge in [-0.3, -0.25) is 19.2 Å². The van der Waals surface area contributed by atoms with Crippen LogP contribution in [0.5, 0.6) is 5.75 Å². The van der Waals surface area contributed by atoms with E-state index in [0.29, 0.717) is 35.8 Å². The van der Waals surface area contributed by atoms with E-state index in [1.54, 1.807) is 57.4 Å². The van der Waals surface area contributed by atoms with Crippen LogP contribution in [0.4, 0.5) is 22.7 Å². The maximum absolute atomic E-state index is 11.3. The topological polar surface area (TPSA) is 212 Å². The van der Waals surface area contributed by atoms with E-state index in [0.717, 1.165) is 11.4 Å². The summed E-state index contributed by atoms with van der Waals surface area (Å²) in [6, 6.07) is 27.7. The number of rotatable bonds is 12. The largest absolute Gasteiger partial charge is 0.489 e. The zero-order chi connectivity index (χ0) is 41.5. The van der Waals surface area contributed by atoms with Crippen LogP contribution in [-0.4, -0.2) is 55.0 Å². The van der Waals surface area contributed by atoms with Crippen molar-refractivity contribution in [2.75, 3.05) is 42.0 Å². The fourth-order valence-corrected chi connectivity index (χ4v) is 3.76. The number of hydrogen-bond donors (Lipinski definition) is 6. The zero-order valence-corrected chi connectivity index (χ0v) is 32.8. The van der Waals surface area contributed by atoms with E-state index in [4.69, 9.17) is 26.0 Å². The van der Waals surface area contributed by atoms with Crippen LogP contribution in [0.3, 0.4) is 0 Å². The van der Waals surface area contributed by atoms with Gasteiger partial charge in [0.2, 0.25) is 23.6 Å². The average molecular weight is 774 g/mol. The number of carboxylic acids is 1. The van der Waals surface area contributed by atoms with Gasteiger partial charge in [-0.15, -0.1) is 0 Å². The second-order valence-electron chi connectivity index (χ2n) is 13.0. The third-order valence-electron chi connectivity index (χ3n) is 7.19. The summed E-state index contributed by atoms with van der Waals surface area (Å²) in [6.45, 7) is 14.1. The van der Waals surface area contributed by atoms with Gasteiger partial charge in [-0.1, -0.05) is 78.8 Å². The molecule has 13 nitrogen and oxygen atoms in total. The monoisotopic (exact) mass is 773 g/mol. The molecule has 4 aromatic carbocycles. The highest BCUT2D eigenvalue weighted by Crippen LogP contribution is 2.19. The van der Waals surface area contributed by atoms with E-state index in [1.807, 2.05) is 83.1 Å². The molecule has 0 saturated heterocycles.